The lowest BCUT2D eigenvalue weighted by Crippen LogP contribution is -2.09. The lowest BCUT2D eigenvalue weighted by Gasteiger charge is -2.03. The van der Waals surface area contributed by atoms with Gasteiger partial charge in [0.05, 0.1) is 10.6 Å². The van der Waals surface area contributed by atoms with Gasteiger partial charge >= 0.3 is 0 Å². The number of hydrogen-bond donors (Lipinski definition) is 1. The minimum absolute atomic E-state index is 0.0110. The number of hydrogen-bond acceptors (Lipinski definition) is 2. The van der Waals surface area contributed by atoms with Crippen LogP contribution in [0.2, 0.25) is 5.02 Å². The molecular weight excluding hydrogens is 298 g/mol. The summed E-state index contributed by atoms with van der Waals surface area (Å²) in [6, 6.07) is 4.51. The number of nitrogens with one attached hydrogen (secondary N) is 1. The highest BCUT2D eigenvalue weighted by Crippen LogP contribution is 2.24. The number of H-pyrrole nitrogens is 1. The fourth-order valence-corrected chi connectivity index (χ4v) is 1.58. The largest absolute Gasteiger partial charge is 0.305 e. The second-order valence-corrected chi connectivity index (χ2v) is 4.27. The predicted molar refractivity (Wildman–Crippen MR) is 63.0 cm³/mol. The number of rotatable bonds is 1. The topological polar surface area (TPSA) is 45.8 Å². The quantitative estimate of drug-likeness (QED) is 0.880. The molecule has 1 N–H and O–H groups in total. The van der Waals surface area contributed by atoms with Crippen LogP contribution in [-0.2, 0) is 0 Å². The Hall–Kier alpha value is -1.20. The predicted octanol–water partition coefficient (Wildman–Crippen LogP) is 2.99. The Morgan fingerprint density at radius 2 is 2.19 bits per heavy atom. The van der Waals surface area contributed by atoms with Gasteiger partial charge in [0, 0.05) is 6.20 Å². The van der Waals surface area contributed by atoms with Crippen molar-refractivity contribution in [1.82, 2.24) is 9.97 Å². The third-order valence-corrected chi connectivity index (χ3v) is 2.82. The van der Waals surface area contributed by atoms with Gasteiger partial charge in [0.1, 0.15) is 10.3 Å². The molecule has 0 unspecified atom stereocenters. The minimum Gasteiger partial charge on any atom is -0.305 e. The van der Waals surface area contributed by atoms with E-state index in [-0.39, 0.29) is 22.0 Å². The lowest BCUT2D eigenvalue weighted by molar-refractivity contribution is 0.630. The second kappa shape index (κ2) is 4.35. The van der Waals surface area contributed by atoms with E-state index >= 15 is 0 Å². The molecule has 0 aliphatic rings. The molecule has 0 aliphatic heterocycles. The third kappa shape index (κ3) is 2.01. The van der Waals surface area contributed by atoms with E-state index in [1.54, 1.807) is 6.07 Å². The Labute approximate surface area is 103 Å². The molecule has 1 aromatic carbocycles. The van der Waals surface area contributed by atoms with Gasteiger partial charge < -0.3 is 4.98 Å². The van der Waals surface area contributed by atoms with Crippen molar-refractivity contribution in [1.29, 1.82) is 0 Å². The molecule has 0 atom stereocenters. The van der Waals surface area contributed by atoms with E-state index < -0.39 is 5.82 Å². The molecule has 0 saturated heterocycles. The maximum atomic E-state index is 13.6. The molecule has 0 aliphatic carbocycles. The average Bonchev–Trinajstić information content (AvgIpc) is 2.26. The first-order valence-electron chi connectivity index (χ1n) is 4.29. The van der Waals surface area contributed by atoms with Crippen molar-refractivity contribution in [2.75, 3.05) is 0 Å². The van der Waals surface area contributed by atoms with Crippen molar-refractivity contribution in [2.45, 2.75) is 0 Å². The molecule has 3 nitrogen and oxygen atoms in total. The molecule has 2 aromatic rings. The first kappa shape index (κ1) is 11.3. The van der Waals surface area contributed by atoms with Crippen LogP contribution >= 0.6 is 27.5 Å². The second-order valence-electron chi connectivity index (χ2n) is 3.01. The van der Waals surface area contributed by atoms with Crippen molar-refractivity contribution in [3.8, 4) is 11.4 Å². The zero-order chi connectivity index (χ0) is 11.7. The Kier molecular flexibility index (Phi) is 3.07. The van der Waals surface area contributed by atoms with E-state index in [2.05, 4.69) is 25.9 Å². The number of aromatic amines is 1. The molecule has 2 rings (SSSR count). The van der Waals surface area contributed by atoms with Gasteiger partial charge in [0.25, 0.3) is 5.56 Å². The summed E-state index contributed by atoms with van der Waals surface area (Å²) in [5.41, 5.74) is -0.207. The summed E-state index contributed by atoms with van der Waals surface area (Å²) in [5.74, 6) is -0.456. The van der Waals surface area contributed by atoms with Gasteiger partial charge in [0.15, 0.2) is 5.82 Å². The molecule has 6 heteroatoms. The van der Waals surface area contributed by atoms with Gasteiger partial charge in [-0.15, -0.1) is 0 Å². The highest BCUT2D eigenvalue weighted by Gasteiger charge is 2.10. The number of benzene rings is 1. The van der Waals surface area contributed by atoms with E-state index in [9.17, 15) is 9.18 Å². The van der Waals surface area contributed by atoms with Crippen LogP contribution in [0, 0.1) is 5.82 Å². The number of halogens is 3. The number of nitrogens with zero attached hydrogens (tertiary/aromatic N) is 1. The molecule has 16 heavy (non-hydrogen) atoms. The summed E-state index contributed by atoms with van der Waals surface area (Å²) in [5, 5.41) is -0.0110. The van der Waals surface area contributed by atoms with Crippen molar-refractivity contribution in [2.24, 2.45) is 0 Å². The van der Waals surface area contributed by atoms with Gasteiger partial charge in [0.2, 0.25) is 0 Å². The molecule has 0 fully saturated rings. The molecule has 0 saturated carbocycles. The van der Waals surface area contributed by atoms with Crippen LogP contribution in [0.3, 0.4) is 0 Å². The van der Waals surface area contributed by atoms with Gasteiger partial charge in [-0.05, 0) is 28.1 Å². The van der Waals surface area contributed by atoms with Crippen molar-refractivity contribution in [3.63, 3.8) is 0 Å². The van der Waals surface area contributed by atoms with Crippen LogP contribution in [0.5, 0.6) is 0 Å². The maximum absolute atomic E-state index is 13.6. The summed E-state index contributed by atoms with van der Waals surface area (Å²) in [7, 11) is 0. The summed E-state index contributed by atoms with van der Waals surface area (Å²) in [6.07, 6.45) is 1.31. The van der Waals surface area contributed by atoms with Crippen LogP contribution < -0.4 is 5.56 Å². The molecule has 82 valence electrons. The monoisotopic (exact) mass is 302 g/mol. The Balaban J connectivity index is 2.63. The van der Waals surface area contributed by atoms with Gasteiger partial charge in [-0.25, -0.2) is 9.37 Å². The third-order valence-electron chi connectivity index (χ3n) is 1.96. The Morgan fingerprint density at radius 3 is 2.88 bits per heavy atom. The highest BCUT2D eigenvalue weighted by molar-refractivity contribution is 9.10. The fourth-order valence-electron chi connectivity index (χ4n) is 1.20. The molecule has 1 aromatic heterocycles. The first-order valence-corrected chi connectivity index (χ1v) is 5.46. The highest BCUT2D eigenvalue weighted by atomic mass is 79.9. The zero-order valence-corrected chi connectivity index (χ0v) is 10.1. The summed E-state index contributed by atoms with van der Waals surface area (Å²) in [6.45, 7) is 0. The molecule has 0 radical (unpaired) electrons. The van der Waals surface area contributed by atoms with Crippen LogP contribution in [0.25, 0.3) is 11.4 Å². The maximum Gasteiger partial charge on any atom is 0.265 e. The first-order chi connectivity index (χ1) is 7.59. The van der Waals surface area contributed by atoms with E-state index in [4.69, 9.17) is 11.6 Å². The summed E-state index contributed by atoms with van der Waals surface area (Å²) >= 11 is 8.64. The van der Waals surface area contributed by atoms with Crippen molar-refractivity contribution < 1.29 is 4.39 Å². The van der Waals surface area contributed by atoms with Gasteiger partial charge in [-0.3, -0.25) is 4.79 Å². The van der Waals surface area contributed by atoms with E-state index in [0.29, 0.717) is 4.47 Å². The van der Waals surface area contributed by atoms with Crippen LogP contribution in [-0.4, -0.2) is 9.97 Å². The normalized spacial score (nSPS) is 10.4. The van der Waals surface area contributed by atoms with Gasteiger partial charge in [-0.2, -0.15) is 0 Å². The summed E-state index contributed by atoms with van der Waals surface area (Å²) in [4.78, 5) is 17.7. The van der Waals surface area contributed by atoms with E-state index in [1.165, 1.54) is 18.3 Å². The van der Waals surface area contributed by atoms with Crippen LogP contribution in [0.1, 0.15) is 0 Å². The minimum atomic E-state index is -0.602. The lowest BCUT2D eigenvalue weighted by atomic mass is 10.2. The van der Waals surface area contributed by atoms with E-state index in [0.717, 1.165) is 0 Å². The van der Waals surface area contributed by atoms with Crippen molar-refractivity contribution >= 4 is 27.5 Å². The van der Waals surface area contributed by atoms with Crippen molar-refractivity contribution in [3.05, 3.63) is 50.1 Å². The van der Waals surface area contributed by atoms with Gasteiger partial charge in [-0.1, -0.05) is 17.7 Å². The van der Waals surface area contributed by atoms with Crippen LogP contribution in [0.4, 0.5) is 4.39 Å². The Morgan fingerprint density at radius 1 is 1.44 bits per heavy atom. The fraction of sp³-hybridized carbons (Fsp3) is 0. The average molecular weight is 304 g/mol. The summed E-state index contributed by atoms with van der Waals surface area (Å²) < 4.78 is 13.9. The molecule has 0 amide bonds. The number of aromatic nitrogens is 2. The zero-order valence-electron chi connectivity index (χ0n) is 7.80. The standard InChI is InChI=1S/C10H5BrClFN2O/c11-6-4-14-9(15-10(6)16)5-2-1-3-7(12)8(5)13/h1-4H,(H,14,15,16). The molecule has 0 spiro atoms. The molecule has 1 heterocycles. The van der Waals surface area contributed by atoms with Crippen LogP contribution in [0.15, 0.2) is 33.7 Å². The molecular formula is C10H5BrClFN2O. The Bertz CT molecular complexity index is 600. The van der Waals surface area contributed by atoms with E-state index in [1.807, 2.05) is 0 Å². The SMILES string of the molecule is O=c1[nH]c(-c2cccc(Cl)c2F)ncc1Br. The smallest absolute Gasteiger partial charge is 0.265 e. The molecule has 0 bridgehead atoms.